The second kappa shape index (κ2) is 5.09. The van der Waals surface area contributed by atoms with E-state index in [9.17, 15) is 9.18 Å². The van der Waals surface area contributed by atoms with Crippen LogP contribution >= 0.6 is 0 Å². The Bertz CT molecular complexity index is 621. The quantitative estimate of drug-likeness (QED) is 0.890. The molecular weight excluding hydrogens is 247 g/mol. The lowest BCUT2D eigenvalue weighted by Gasteiger charge is -2.04. The van der Waals surface area contributed by atoms with Crippen LogP contribution in [-0.2, 0) is 6.54 Å². The first-order chi connectivity index (χ1) is 9.01. The summed E-state index contributed by atoms with van der Waals surface area (Å²) in [7, 11) is 0. The minimum absolute atomic E-state index is 0.209. The summed E-state index contributed by atoms with van der Waals surface area (Å²) in [5.41, 5.74) is 6.81. The molecule has 0 saturated heterocycles. The van der Waals surface area contributed by atoms with E-state index in [0.717, 1.165) is 0 Å². The fourth-order valence-electron chi connectivity index (χ4n) is 1.66. The molecule has 6 heteroatoms. The summed E-state index contributed by atoms with van der Waals surface area (Å²) >= 11 is 0. The van der Waals surface area contributed by atoms with Gasteiger partial charge in [0.05, 0.1) is 0 Å². The van der Waals surface area contributed by atoms with Crippen molar-refractivity contribution in [1.82, 2.24) is 9.78 Å². The van der Waals surface area contributed by atoms with Crippen LogP contribution in [0.25, 0.3) is 0 Å². The third-order valence-corrected chi connectivity index (χ3v) is 2.77. The van der Waals surface area contributed by atoms with Gasteiger partial charge in [0.1, 0.15) is 11.6 Å². The molecule has 1 heterocycles. The number of carbonyl (C=O) groups is 1. The Balaban J connectivity index is 2.18. The van der Waals surface area contributed by atoms with Gasteiger partial charge in [0, 0.05) is 18.3 Å². The maximum Gasteiger partial charge on any atom is 0.276 e. The molecule has 0 radical (unpaired) electrons. The molecule has 5 nitrogen and oxygen atoms in total. The maximum atomic E-state index is 13.4. The zero-order valence-corrected chi connectivity index (χ0v) is 10.8. The van der Waals surface area contributed by atoms with E-state index < -0.39 is 5.91 Å². The number of benzene rings is 1. The molecule has 0 atom stereocenters. The van der Waals surface area contributed by atoms with Crippen molar-refractivity contribution in [2.75, 3.05) is 11.1 Å². The van der Waals surface area contributed by atoms with Gasteiger partial charge in [0.15, 0.2) is 5.69 Å². The number of nitrogen functional groups attached to an aromatic ring is 1. The molecule has 0 aliphatic heterocycles. The van der Waals surface area contributed by atoms with Crippen molar-refractivity contribution in [3.63, 3.8) is 0 Å². The summed E-state index contributed by atoms with van der Waals surface area (Å²) < 4.78 is 14.9. The van der Waals surface area contributed by atoms with Crippen LogP contribution in [0.1, 0.15) is 23.0 Å². The van der Waals surface area contributed by atoms with Gasteiger partial charge in [-0.05, 0) is 31.5 Å². The summed E-state index contributed by atoms with van der Waals surface area (Å²) in [6.45, 7) is 4.11. The third kappa shape index (κ3) is 2.73. The minimum Gasteiger partial charge on any atom is -0.384 e. The fourth-order valence-corrected chi connectivity index (χ4v) is 1.66. The number of nitrogens with zero attached hydrogens (tertiary/aromatic N) is 2. The topological polar surface area (TPSA) is 72.9 Å². The summed E-state index contributed by atoms with van der Waals surface area (Å²) in [6.07, 6.45) is 0. The molecule has 0 unspecified atom stereocenters. The van der Waals surface area contributed by atoms with Crippen LogP contribution in [0.15, 0.2) is 24.3 Å². The van der Waals surface area contributed by atoms with Crippen molar-refractivity contribution in [1.29, 1.82) is 0 Å². The molecule has 3 N–H and O–H groups in total. The van der Waals surface area contributed by atoms with Gasteiger partial charge in [0.25, 0.3) is 5.91 Å². The predicted molar refractivity (Wildman–Crippen MR) is 71.4 cm³/mol. The van der Waals surface area contributed by atoms with Crippen molar-refractivity contribution < 1.29 is 9.18 Å². The van der Waals surface area contributed by atoms with Gasteiger partial charge in [-0.1, -0.05) is 6.07 Å². The third-order valence-electron chi connectivity index (χ3n) is 2.77. The smallest absolute Gasteiger partial charge is 0.276 e. The number of nitrogens with one attached hydrogen (secondary N) is 1. The van der Waals surface area contributed by atoms with E-state index >= 15 is 0 Å². The SMILES string of the molecule is CCn1nc(C(=O)Nc2ccc(C)c(F)c2)cc1N. The van der Waals surface area contributed by atoms with Crippen LogP contribution < -0.4 is 11.1 Å². The van der Waals surface area contributed by atoms with E-state index in [1.807, 2.05) is 6.92 Å². The molecule has 100 valence electrons. The van der Waals surface area contributed by atoms with Crippen molar-refractivity contribution in [2.24, 2.45) is 0 Å². The van der Waals surface area contributed by atoms with Gasteiger partial charge in [-0.15, -0.1) is 0 Å². The monoisotopic (exact) mass is 262 g/mol. The Morgan fingerprint density at radius 2 is 2.21 bits per heavy atom. The number of amides is 1. The Hall–Kier alpha value is -2.37. The number of aryl methyl sites for hydroxylation is 2. The highest BCUT2D eigenvalue weighted by atomic mass is 19.1. The Kier molecular flexibility index (Phi) is 3.50. The molecule has 2 aromatic rings. The second-order valence-corrected chi connectivity index (χ2v) is 4.19. The highest BCUT2D eigenvalue weighted by Gasteiger charge is 2.12. The molecule has 1 amide bonds. The van der Waals surface area contributed by atoms with Crippen molar-refractivity contribution in [3.8, 4) is 0 Å². The van der Waals surface area contributed by atoms with Crippen LogP contribution in [0.2, 0.25) is 0 Å². The van der Waals surface area contributed by atoms with Gasteiger partial charge in [-0.2, -0.15) is 5.10 Å². The van der Waals surface area contributed by atoms with Crippen molar-refractivity contribution >= 4 is 17.4 Å². The number of halogens is 1. The van der Waals surface area contributed by atoms with Gasteiger partial charge in [0.2, 0.25) is 0 Å². The van der Waals surface area contributed by atoms with E-state index in [0.29, 0.717) is 23.6 Å². The zero-order valence-electron chi connectivity index (χ0n) is 10.8. The number of aromatic nitrogens is 2. The molecule has 0 saturated carbocycles. The highest BCUT2D eigenvalue weighted by molar-refractivity contribution is 6.03. The molecule has 0 bridgehead atoms. The first kappa shape index (κ1) is 13.1. The molecule has 0 aliphatic rings. The number of hydrogen-bond donors (Lipinski definition) is 2. The van der Waals surface area contributed by atoms with Crippen LogP contribution in [0.3, 0.4) is 0 Å². The number of nitrogens with two attached hydrogens (primary N) is 1. The van der Waals surface area contributed by atoms with Gasteiger partial charge in [-0.3, -0.25) is 4.79 Å². The Morgan fingerprint density at radius 3 is 2.79 bits per heavy atom. The van der Waals surface area contributed by atoms with Gasteiger partial charge in [-0.25, -0.2) is 9.07 Å². The fraction of sp³-hybridized carbons (Fsp3) is 0.231. The molecule has 19 heavy (non-hydrogen) atoms. The summed E-state index contributed by atoms with van der Waals surface area (Å²) in [5.74, 6) is -0.360. The molecule has 1 aromatic carbocycles. The largest absolute Gasteiger partial charge is 0.384 e. The van der Waals surface area contributed by atoms with E-state index in [1.165, 1.54) is 16.8 Å². The van der Waals surface area contributed by atoms with E-state index in [4.69, 9.17) is 5.73 Å². The van der Waals surface area contributed by atoms with E-state index in [-0.39, 0.29) is 11.5 Å². The predicted octanol–water partition coefficient (Wildman–Crippen LogP) is 2.19. The van der Waals surface area contributed by atoms with Crippen molar-refractivity contribution in [2.45, 2.75) is 20.4 Å². The number of anilines is 2. The molecule has 2 rings (SSSR count). The minimum atomic E-state index is -0.415. The van der Waals surface area contributed by atoms with Crippen LogP contribution in [0.5, 0.6) is 0 Å². The number of hydrogen-bond acceptors (Lipinski definition) is 3. The first-order valence-corrected chi connectivity index (χ1v) is 5.92. The van der Waals surface area contributed by atoms with E-state index in [2.05, 4.69) is 10.4 Å². The molecule has 0 spiro atoms. The number of carbonyl (C=O) groups excluding carboxylic acids is 1. The Morgan fingerprint density at radius 1 is 1.47 bits per heavy atom. The first-order valence-electron chi connectivity index (χ1n) is 5.92. The number of rotatable bonds is 3. The van der Waals surface area contributed by atoms with Crippen LogP contribution in [0.4, 0.5) is 15.9 Å². The van der Waals surface area contributed by atoms with Crippen LogP contribution in [0, 0.1) is 12.7 Å². The summed E-state index contributed by atoms with van der Waals surface area (Å²) in [4.78, 5) is 11.9. The van der Waals surface area contributed by atoms with Crippen LogP contribution in [-0.4, -0.2) is 15.7 Å². The molecular formula is C13H15FN4O. The Labute approximate surface area is 110 Å². The lowest BCUT2D eigenvalue weighted by atomic mass is 10.2. The molecule has 1 aromatic heterocycles. The van der Waals surface area contributed by atoms with E-state index in [1.54, 1.807) is 19.1 Å². The van der Waals surface area contributed by atoms with Crippen molar-refractivity contribution in [3.05, 3.63) is 41.3 Å². The zero-order chi connectivity index (χ0) is 14.0. The standard InChI is InChI=1S/C13H15FN4O/c1-3-18-12(15)7-11(17-18)13(19)16-9-5-4-8(2)10(14)6-9/h4-7H,3,15H2,1-2H3,(H,16,19). The maximum absolute atomic E-state index is 13.4. The van der Waals surface area contributed by atoms with Gasteiger partial charge < -0.3 is 11.1 Å². The molecule has 0 aliphatic carbocycles. The average Bonchev–Trinajstić information content (AvgIpc) is 2.75. The lowest BCUT2D eigenvalue weighted by molar-refractivity contribution is 0.102. The van der Waals surface area contributed by atoms with Gasteiger partial charge >= 0.3 is 0 Å². The normalized spacial score (nSPS) is 10.5. The average molecular weight is 262 g/mol. The summed E-state index contributed by atoms with van der Waals surface area (Å²) in [6, 6.07) is 6.00. The lowest BCUT2D eigenvalue weighted by Crippen LogP contribution is -2.13. The summed E-state index contributed by atoms with van der Waals surface area (Å²) in [5, 5.41) is 6.63. The highest BCUT2D eigenvalue weighted by Crippen LogP contribution is 2.15. The second-order valence-electron chi connectivity index (χ2n) is 4.19. The molecule has 0 fully saturated rings.